The van der Waals surface area contributed by atoms with Crippen molar-refractivity contribution in [3.63, 3.8) is 0 Å². The molecule has 0 aromatic heterocycles. The van der Waals surface area contributed by atoms with Crippen LogP contribution in [0.15, 0.2) is 24.3 Å². The molecule has 0 heterocycles. The molecule has 8 heteroatoms. The van der Waals surface area contributed by atoms with Gasteiger partial charge in [0.25, 0.3) is 0 Å². The quantitative estimate of drug-likeness (QED) is 0.511. The van der Waals surface area contributed by atoms with E-state index in [0.29, 0.717) is 5.69 Å². The van der Waals surface area contributed by atoms with Crippen molar-refractivity contribution >= 4 is 23.6 Å². The molecule has 114 valence electrons. The molecule has 0 bridgehead atoms. The molecule has 0 spiro atoms. The van der Waals surface area contributed by atoms with Gasteiger partial charge in [0.05, 0.1) is 18.7 Å². The Kier molecular flexibility index (Phi) is 6.15. The van der Waals surface area contributed by atoms with Gasteiger partial charge < -0.3 is 20.6 Å². The minimum Gasteiger partial charge on any atom is -0.480 e. The van der Waals surface area contributed by atoms with E-state index in [2.05, 4.69) is 5.32 Å². The third-order valence-electron chi connectivity index (χ3n) is 2.62. The van der Waals surface area contributed by atoms with Gasteiger partial charge in [-0.25, -0.2) is 4.79 Å². The highest BCUT2D eigenvalue weighted by molar-refractivity contribution is 5.94. The second-order valence-electron chi connectivity index (χ2n) is 4.28. The molecule has 0 aliphatic carbocycles. The molecule has 1 aromatic rings. The second-order valence-corrected chi connectivity index (χ2v) is 4.28. The van der Waals surface area contributed by atoms with Crippen molar-refractivity contribution in [3.05, 3.63) is 29.8 Å². The highest BCUT2D eigenvalue weighted by atomic mass is 16.4. The van der Waals surface area contributed by atoms with E-state index >= 15 is 0 Å². The Morgan fingerprint density at radius 3 is 2.10 bits per heavy atom. The fourth-order valence-corrected chi connectivity index (χ4v) is 1.77. The van der Waals surface area contributed by atoms with Gasteiger partial charge in [0.1, 0.15) is 0 Å². The maximum atomic E-state index is 11.0. The largest absolute Gasteiger partial charge is 0.480 e. The minimum atomic E-state index is -1.12. The summed E-state index contributed by atoms with van der Waals surface area (Å²) in [6, 6.07) is 6.29. The molecular weight excluding hydrogens is 280 g/mol. The average Bonchev–Trinajstić information content (AvgIpc) is 2.37. The molecule has 0 amide bonds. The monoisotopic (exact) mass is 296 g/mol. The van der Waals surface area contributed by atoms with Crippen molar-refractivity contribution in [2.24, 2.45) is 0 Å². The Labute approximate surface area is 120 Å². The van der Waals surface area contributed by atoms with Gasteiger partial charge in [-0.3, -0.25) is 14.5 Å². The first kappa shape index (κ1) is 16.4. The molecule has 8 nitrogen and oxygen atoms in total. The lowest BCUT2D eigenvalue weighted by Gasteiger charge is -2.18. The van der Waals surface area contributed by atoms with Crippen LogP contribution in [0.5, 0.6) is 0 Å². The highest BCUT2D eigenvalue weighted by Crippen LogP contribution is 2.14. The summed E-state index contributed by atoms with van der Waals surface area (Å²) >= 11 is 0. The van der Waals surface area contributed by atoms with E-state index in [0.717, 1.165) is 0 Å². The molecule has 4 N–H and O–H groups in total. The van der Waals surface area contributed by atoms with Crippen molar-refractivity contribution in [2.45, 2.75) is 0 Å². The zero-order valence-electron chi connectivity index (χ0n) is 11.2. The molecule has 21 heavy (non-hydrogen) atoms. The van der Waals surface area contributed by atoms with Crippen LogP contribution in [0.1, 0.15) is 10.4 Å². The standard InChI is InChI=1S/C13H16N2O6/c16-11(17)7-15(8-12(18)19)6-5-14-10-4-2-1-3-9(10)13(20)21/h1-4,14H,5-8H2,(H,16,17)(H,18,19)(H,20,21). The maximum absolute atomic E-state index is 11.0. The van der Waals surface area contributed by atoms with Crippen molar-refractivity contribution in [3.8, 4) is 0 Å². The zero-order chi connectivity index (χ0) is 15.8. The molecular formula is C13H16N2O6. The smallest absolute Gasteiger partial charge is 0.337 e. The lowest BCUT2D eigenvalue weighted by Crippen LogP contribution is -2.37. The Morgan fingerprint density at radius 2 is 1.57 bits per heavy atom. The van der Waals surface area contributed by atoms with E-state index < -0.39 is 31.0 Å². The molecule has 1 aromatic carbocycles. The molecule has 0 aliphatic heterocycles. The van der Waals surface area contributed by atoms with Crippen LogP contribution in [0.2, 0.25) is 0 Å². The summed E-state index contributed by atoms with van der Waals surface area (Å²) in [5.41, 5.74) is 0.496. The lowest BCUT2D eigenvalue weighted by atomic mass is 10.2. The third-order valence-corrected chi connectivity index (χ3v) is 2.62. The Morgan fingerprint density at radius 1 is 1.00 bits per heavy atom. The Bertz CT molecular complexity index is 515. The van der Waals surface area contributed by atoms with Crippen LogP contribution in [-0.2, 0) is 9.59 Å². The van der Waals surface area contributed by atoms with E-state index in [1.54, 1.807) is 18.2 Å². The van der Waals surface area contributed by atoms with Gasteiger partial charge in [0.2, 0.25) is 0 Å². The summed E-state index contributed by atoms with van der Waals surface area (Å²) in [7, 11) is 0. The number of nitrogens with zero attached hydrogens (tertiary/aromatic N) is 1. The van der Waals surface area contributed by atoms with Crippen molar-refractivity contribution in [1.82, 2.24) is 4.90 Å². The highest BCUT2D eigenvalue weighted by Gasteiger charge is 2.14. The summed E-state index contributed by atoms with van der Waals surface area (Å²) < 4.78 is 0. The van der Waals surface area contributed by atoms with Gasteiger partial charge in [-0.15, -0.1) is 0 Å². The van der Waals surface area contributed by atoms with E-state index in [1.165, 1.54) is 11.0 Å². The van der Waals surface area contributed by atoms with Gasteiger partial charge in [-0.05, 0) is 12.1 Å². The summed E-state index contributed by atoms with van der Waals surface area (Å²) in [6.45, 7) is -0.402. The summed E-state index contributed by atoms with van der Waals surface area (Å²) in [4.78, 5) is 33.5. The summed E-state index contributed by atoms with van der Waals surface area (Å²) in [5, 5.41) is 29.3. The number of carboxylic acids is 3. The number of benzene rings is 1. The van der Waals surface area contributed by atoms with E-state index in [1.807, 2.05) is 0 Å². The number of para-hydroxylation sites is 1. The Hall–Kier alpha value is -2.61. The molecule has 0 saturated heterocycles. The van der Waals surface area contributed by atoms with Crippen LogP contribution in [0.4, 0.5) is 5.69 Å². The molecule has 0 saturated carbocycles. The average molecular weight is 296 g/mol. The minimum absolute atomic E-state index is 0.0977. The topological polar surface area (TPSA) is 127 Å². The molecule has 0 unspecified atom stereocenters. The number of hydrogen-bond acceptors (Lipinski definition) is 5. The van der Waals surface area contributed by atoms with E-state index in [4.69, 9.17) is 15.3 Å². The predicted molar refractivity (Wildman–Crippen MR) is 73.6 cm³/mol. The number of carboxylic acid groups (broad SMARTS) is 3. The fourth-order valence-electron chi connectivity index (χ4n) is 1.77. The normalized spacial score (nSPS) is 10.3. The van der Waals surface area contributed by atoms with E-state index in [9.17, 15) is 14.4 Å². The van der Waals surface area contributed by atoms with Gasteiger partial charge in [0, 0.05) is 18.8 Å². The molecule has 0 fully saturated rings. The number of aliphatic carboxylic acids is 2. The van der Waals surface area contributed by atoms with Gasteiger partial charge in [-0.1, -0.05) is 12.1 Å². The van der Waals surface area contributed by atoms with E-state index in [-0.39, 0.29) is 18.7 Å². The first-order valence-electron chi connectivity index (χ1n) is 6.12. The first-order valence-corrected chi connectivity index (χ1v) is 6.12. The van der Waals surface area contributed by atoms with Gasteiger partial charge >= 0.3 is 17.9 Å². The number of aromatic carboxylic acids is 1. The number of nitrogens with one attached hydrogen (secondary N) is 1. The van der Waals surface area contributed by atoms with Crippen molar-refractivity contribution in [2.75, 3.05) is 31.5 Å². The van der Waals surface area contributed by atoms with Gasteiger partial charge in [-0.2, -0.15) is 0 Å². The van der Waals surface area contributed by atoms with Crippen LogP contribution < -0.4 is 5.32 Å². The van der Waals surface area contributed by atoms with Crippen LogP contribution >= 0.6 is 0 Å². The number of rotatable bonds is 9. The number of anilines is 1. The number of hydrogen-bond donors (Lipinski definition) is 4. The van der Waals surface area contributed by atoms with Crippen LogP contribution in [0.3, 0.4) is 0 Å². The summed E-state index contributed by atoms with van der Waals surface area (Å²) in [6.07, 6.45) is 0. The first-order chi connectivity index (χ1) is 9.90. The van der Waals surface area contributed by atoms with Crippen LogP contribution in [0, 0.1) is 0 Å². The number of carbonyl (C=O) groups is 3. The predicted octanol–water partition coefficient (Wildman–Crippen LogP) is 0.268. The molecule has 0 radical (unpaired) electrons. The zero-order valence-corrected chi connectivity index (χ0v) is 11.2. The molecule has 0 atom stereocenters. The van der Waals surface area contributed by atoms with Crippen molar-refractivity contribution < 1.29 is 29.7 Å². The second kappa shape index (κ2) is 7.85. The van der Waals surface area contributed by atoms with Crippen LogP contribution in [-0.4, -0.2) is 64.3 Å². The SMILES string of the molecule is O=C(O)CN(CCNc1ccccc1C(=O)O)CC(=O)O. The third kappa shape index (κ3) is 5.91. The summed E-state index contributed by atoms with van der Waals surface area (Å²) in [5.74, 6) is -3.32. The Balaban J connectivity index is 2.59. The van der Waals surface area contributed by atoms with Crippen molar-refractivity contribution in [1.29, 1.82) is 0 Å². The lowest BCUT2D eigenvalue weighted by molar-refractivity contribution is -0.141. The van der Waals surface area contributed by atoms with Crippen LogP contribution in [0.25, 0.3) is 0 Å². The maximum Gasteiger partial charge on any atom is 0.337 e. The molecule has 1 rings (SSSR count). The fraction of sp³-hybridized carbons (Fsp3) is 0.308. The molecule has 0 aliphatic rings. The van der Waals surface area contributed by atoms with Gasteiger partial charge in [0.15, 0.2) is 0 Å².